The second-order valence-corrected chi connectivity index (χ2v) is 4.53. The van der Waals surface area contributed by atoms with Crippen LogP contribution in [0, 0.1) is 6.92 Å². The standard InChI is InChI=1S/C12H23N2O/c1-4-5-6-12(15)14-9-7-11(8-10-14)13(2)3/h11H,1,4-10H2,2-3H3. The first kappa shape index (κ1) is 12.5. The van der Waals surface area contributed by atoms with E-state index in [-0.39, 0.29) is 0 Å². The van der Waals surface area contributed by atoms with Gasteiger partial charge in [0.1, 0.15) is 0 Å². The fourth-order valence-electron chi connectivity index (χ4n) is 2.07. The number of carbonyl (C=O) groups is 1. The van der Waals surface area contributed by atoms with Crippen molar-refractivity contribution in [1.29, 1.82) is 0 Å². The van der Waals surface area contributed by atoms with Crippen molar-refractivity contribution in [2.24, 2.45) is 0 Å². The van der Waals surface area contributed by atoms with Crippen LogP contribution in [0.3, 0.4) is 0 Å². The van der Waals surface area contributed by atoms with Crippen molar-refractivity contribution in [3.8, 4) is 0 Å². The highest BCUT2D eigenvalue weighted by atomic mass is 16.2. The van der Waals surface area contributed by atoms with Crippen LogP contribution in [0.15, 0.2) is 0 Å². The van der Waals surface area contributed by atoms with Crippen molar-refractivity contribution >= 4 is 5.91 Å². The van der Waals surface area contributed by atoms with Crippen LogP contribution in [0.5, 0.6) is 0 Å². The van der Waals surface area contributed by atoms with Crippen molar-refractivity contribution < 1.29 is 4.79 Å². The Morgan fingerprint density at radius 3 is 2.47 bits per heavy atom. The molecule has 0 saturated carbocycles. The number of piperidine rings is 1. The van der Waals surface area contributed by atoms with Gasteiger partial charge in [-0.2, -0.15) is 0 Å². The number of amides is 1. The molecule has 0 bridgehead atoms. The summed E-state index contributed by atoms with van der Waals surface area (Å²) in [6, 6.07) is 0.655. The number of rotatable bonds is 4. The Kier molecular flexibility index (Phi) is 5.09. The molecule has 15 heavy (non-hydrogen) atoms. The predicted octanol–water partition coefficient (Wildman–Crippen LogP) is 1.54. The van der Waals surface area contributed by atoms with Crippen LogP contribution in [0.25, 0.3) is 0 Å². The fourth-order valence-corrected chi connectivity index (χ4v) is 2.07. The second-order valence-electron chi connectivity index (χ2n) is 4.53. The minimum atomic E-state index is 0.316. The first-order valence-corrected chi connectivity index (χ1v) is 5.88. The maximum atomic E-state index is 11.7. The van der Waals surface area contributed by atoms with Crippen LogP contribution in [0.1, 0.15) is 32.1 Å². The quantitative estimate of drug-likeness (QED) is 0.704. The molecule has 1 heterocycles. The topological polar surface area (TPSA) is 23.6 Å². The summed E-state index contributed by atoms with van der Waals surface area (Å²) in [5.74, 6) is 0.316. The molecule has 1 fully saturated rings. The number of unbranched alkanes of at least 4 members (excludes halogenated alkanes) is 1. The number of nitrogens with zero attached hydrogens (tertiary/aromatic N) is 2. The molecule has 0 aliphatic carbocycles. The van der Waals surface area contributed by atoms with Gasteiger partial charge >= 0.3 is 0 Å². The molecule has 0 N–H and O–H groups in total. The highest BCUT2D eigenvalue weighted by Gasteiger charge is 2.23. The zero-order valence-electron chi connectivity index (χ0n) is 10.0. The Labute approximate surface area is 93.4 Å². The number of carbonyl (C=O) groups excluding carboxylic acids is 1. The third-order valence-electron chi connectivity index (χ3n) is 3.19. The van der Waals surface area contributed by atoms with Crippen molar-refractivity contribution in [3.63, 3.8) is 0 Å². The Bertz CT molecular complexity index is 196. The Morgan fingerprint density at radius 1 is 1.40 bits per heavy atom. The molecule has 0 aromatic rings. The maximum Gasteiger partial charge on any atom is 0.222 e. The molecule has 1 saturated heterocycles. The lowest BCUT2D eigenvalue weighted by molar-refractivity contribution is -0.132. The normalized spacial score (nSPS) is 18.5. The summed E-state index contributed by atoms with van der Waals surface area (Å²) in [4.78, 5) is 16.0. The van der Waals surface area contributed by atoms with Gasteiger partial charge in [-0.1, -0.05) is 13.3 Å². The van der Waals surface area contributed by atoms with Crippen molar-refractivity contribution in [2.45, 2.75) is 38.1 Å². The molecule has 1 aliphatic heterocycles. The first-order valence-electron chi connectivity index (χ1n) is 5.88. The Hall–Kier alpha value is -0.570. The van der Waals surface area contributed by atoms with E-state index in [0.29, 0.717) is 18.4 Å². The van der Waals surface area contributed by atoms with Gasteiger partial charge < -0.3 is 9.80 Å². The second kappa shape index (κ2) is 6.11. The zero-order chi connectivity index (χ0) is 11.3. The number of likely N-dealkylation sites (tertiary alicyclic amines) is 1. The van der Waals surface area contributed by atoms with Gasteiger partial charge in [-0.05, 0) is 33.4 Å². The molecule has 0 spiro atoms. The van der Waals surface area contributed by atoms with E-state index in [9.17, 15) is 4.79 Å². The monoisotopic (exact) mass is 211 g/mol. The number of hydrogen-bond donors (Lipinski definition) is 0. The summed E-state index contributed by atoms with van der Waals surface area (Å²) in [5, 5.41) is 0. The summed E-state index contributed by atoms with van der Waals surface area (Å²) in [6.45, 7) is 5.62. The van der Waals surface area contributed by atoms with Crippen LogP contribution in [-0.2, 0) is 4.79 Å². The summed E-state index contributed by atoms with van der Waals surface area (Å²) in [7, 11) is 4.23. The highest BCUT2D eigenvalue weighted by Crippen LogP contribution is 2.15. The minimum Gasteiger partial charge on any atom is -0.343 e. The SMILES string of the molecule is [CH2]CCCC(=O)N1CCC(N(C)C)CC1. The molecule has 1 aliphatic rings. The summed E-state index contributed by atoms with van der Waals surface area (Å²) >= 11 is 0. The third-order valence-corrected chi connectivity index (χ3v) is 3.19. The van der Waals surface area contributed by atoms with E-state index in [1.807, 2.05) is 4.90 Å². The van der Waals surface area contributed by atoms with Crippen LogP contribution in [-0.4, -0.2) is 48.9 Å². The van der Waals surface area contributed by atoms with E-state index >= 15 is 0 Å². The van der Waals surface area contributed by atoms with Gasteiger partial charge in [0.15, 0.2) is 0 Å². The average Bonchev–Trinajstić information content (AvgIpc) is 2.26. The summed E-state index contributed by atoms with van der Waals surface area (Å²) in [5.41, 5.74) is 0. The lowest BCUT2D eigenvalue weighted by atomic mass is 10.0. The molecule has 0 aromatic heterocycles. The van der Waals surface area contributed by atoms with Crippen LogP contribution >= 0.6 is 0 Å². The van der Waals surface area contributed by atoms with Crippen molar-refractivity contribution in [1.82, 2.24) is 9.80 Å². The highest BCUT2D eigenvalue weighted by molar-refractivity contribution is 5.76. The molecule has 1 rings (SSSR count). The van der Waals surface area contributed by atoms with E-state index in [4.69, 9.17) is 0 Å². The van der Waals surface area contributed by atoms with Gasteiger partial charge in [0.05, 0.1) is 0 Å². The minimum absolute atomic E-state index is 0.316. The largest absolute Gasteiger partial charge is 0.343 e. The van der Waals surface area contributed by atoms with E-state index < -0.39 is 0 Å². The smallest absolute Gasteiger partial charge is 0.222 e. The molecule has 0 atom stereocenters. The van der Waals surface area contributed by atoms with Crippen molar-refractivity contribution in [2.75, 3.05) is 27.2 Å². The van der Waals surface area contributed by atoms with Gasteiger partial charge in [0.25, 0.3) is 0 Å². The zero-order valence-corrected chi connectivity index (χ0v) is 10.0. The third kappa shape index (κ3) is 3.82. The van der Waals surface area contributed by atoms with E-state index in [1.54, 1.807) is 0 Å². The maximum absolute atomic E-state index is 11.7. The van der Waals surface area contributed by atoms with Gasteiger partial charge in [-0.3, -0.25) is 4.79 Å². The molecule has 0 aromatic carbocycles. The lowest BCUT2D eigenvalue weighted by Gasteiger charge is -2.35. The lowest BCUT2D eigenvalue weighted by Crippen LogP contribution is -2.44. The van der Waals surface area contributed by atoms with E-state index in [0.717, 1.165) is 38.8 Å². The first-order chi connectivity index (χ1) is 7.15. The molecule has 0 unspecified atom stereocenters. The van der Waals surface area contributed by atoms with E-state index in [2.05, 4.69) is 25.9 Å². The molecule has 1 radical (unpaired) electrons. The summed E-state index contributed by atoms with van der Waals surface area (Å²) < 4.78 is 0. The van der Waals surface area contributed by atoms with Crippen LogP contribution in [0.4, 0.5) is 0 Å². The van der Waals surface area contributed by atoms with Crippen molar-refractivity contribution in [3.05, 3.63) is 6.92 Å². The molecule has 3 nitrogen and oxygen atoms in total. The number of hydrogen-bond acceptors (Lipinski definition) is 2. The van der Waals surface area contributed by atoms with Gasteiger partial charge in [-0.15, -0.1) is 0 Å². The Balaban J connectivity index is 2.27. The molecular formula is C12H23N2O. The molecule has 87 valence electrons. The molecule has 3 heteroatoms. The van der Waals surface area contributed by atoms with Crippen LogP contribution in [0.2, 0.25) is 0 Å². The fraction of sp³-hybridized carbons (Fsp3) is 0.833. The van der Waals surface area contributed by atoms with Gasteiger partial charge in [0.2, 0.25) is 5.91 Å². The van der Waals surface area contributed by atoms with E-state index in [1.165, 1.54) is 0 Å². The predicted molar refractivity (Wildman–Crippen MR) is 62.5 cm³/mol. The van der Waals surface area contributed by atoms with Crippen LogP contribution < -0.4 is 0 Å². The summed E-state index contributed by atoms with van der Waals surface area (Å²) in [6.07, 6.45) is 4.69. The van der Waals surface area contributed by atoms with Gasteiger partial charge in [0, 0.05) is 25.6 Å². The Morgan fingerprint density at radius 2 is 2.00 bits per heavy atom. The average molecular weight is 211 g/mol. The molecule has 1 amide bonds. The van der Waals surface area contributed by atoms with Gasteiger partial charge in [-0.25, -0.2) is 0 Å². The molecular weight excluding hydrogens is 188 g/mol.